The van der Waals surface area contributed by atoms with Crippen molar-refractivity contribution in [3.8, 4) is 0 Å². The first-order valence-corrected chi connectivity index (χ1v) is 8.63. The fourth-order valence-electron chi connectivity index (χ4n) is 2.84. The number of rotatable bonds is 6. The van der Waals surface area contributed by atoms with Crippen LogP contribution in [0.2, 0.25) is 0 Å². The van der Waals surface area contributed by atoms with Gasteiger partial charge in [0.2, 0.25) is 0 Å². The van der Waals surface area contributed by atoms with Gasteiger partial charge in [-0.15, -0.1) is 0 Å². The van der Waals surface area contributed by atoms with Gasteiger partial charge >= 0.3 is 0 Å². The molecule has 0 saturated heterocycles. The fourth-order valence-corrected chi connectivity index (χ4v) is 2.84. The summed E-state index contributed by atoms with van der Waals surface area (Å²) in [7, 11) is 0. The van der Waals surface area contributed by atoms with Gasteiger partial charge in [0.1, 0.15) is 29.1 Å². The van der Waals surface area contributed by atoms with Gasteiger partial charge in [-0.25, -0.2) is 17.6 Å². The van der Waals surface area contributed by atoms with Crippen LogP contribution in [0.25, 0.3) is 0 Å². The summed E-state index contributed by atoms with van der Waals surface area (Å²) < 4.78 is 53.8. The second-order valence-electron chi connectivity index (χ2n) is 6.40. The van der Waals surface area contributed by atoms with Crippen LogP contribution in [0.3, 0.4) is 0 Å². The molecule has 3 aromatic carbocycles. The van der Waals surface area contributed by atoms with Crippen LogP contribution < -0.4 is 5.32 Å². The summed E-state index contributed by atoms with van der Waals surface area (Å²) in [6, 6.07) is 11.5. The van der Waals surface area contributed by atoms with E-state index in [0.717, 1.165) is 24.3 Å². The third kappa shape index (κ3) is 5.28. The van der Waals surface area contributed by atoms with Gasteiger partial charge < -0.3 is 5.32 Å². The quantitative estimate of drug-likeness (QED) is 0.601. The van der Waals surface area contributed by atoms with Crippen LogP contribution in [0.5, 0.6) is 0 Å². The zero-order valence-electron chi connectivity index (χ0n) is 15.0. The first-order chi connectivity index (χ1) is 13.8. The molecule has 0 heterocycles. The van der Waals surface area contributed by atoms with Crippen LogP contribution in [0.1, 0.15) is 21.5 Å². The van der Waals surface area contributed by atoms with E-state index < -0.39 is 34.7 Å². The number of hydrogen-bond acceptors (Lipinski definition) is 2. The predicted molar refractivity (Wildman–Crippen MR) is 99.5 cm³/mol. The number of Topliss-reactive ketones (excluding diaryl/α,β-unsaturated/α-hetero) is 1. The maximum atomic E-state index is 13.8. The first kappa shape index (κ1) is 20.3. The molecule has 3 nitrogen and oxygen atoms in total. The molecular weight excluding hydrogens is 386 g/mol. The van der Waals surface area contributed by atoms with E-state index >= 15 is 0 Å². The van der Waals surface area contributed by atoms with Gasteiger partial charge in [-0.3, -0.25) is 9.59 Å². The minimum Gasteiger partial charge on any atom is -0.322 e. The standard InChI is InChI=1S/C22H15F4NO2/c23-15-3-1-2-13(8-15)9-18(28)11-14-10-16(24)5-7-21(14)27-22(29)19-6-4-17(25)12-20(19)26/h1-8,10,12H,9,11H2,(H,27,29). The predicted octanol–water partition coefficient (Wildman–Crippen LogP) is 4.85. The smallest absolute Gasteiger partial charge is 0.258 e. The molecule has 0 saturated carbocycles. The summed E-state index contributed by atoms with van der Waals surface area (Å²) >= 11 is 0. The van der Waals surface area contributed by atoms with Gasteiger partial charge in [0.25, 0.3) is 5.91 Å². The Balaban J connectivity index is 1.78. The number of anilines is 1. The Kier molecular flexibility index (Phi) is 6.07. The third-order valence-corrected chi connectivity index (χ3v) is 4.17. The monoisotopic (exact) mass is 401 g/mol. The first-order valence-electron chi connectivity index (χ1n) is 8.63. The lowest BCUT2D eigenvalue weighted by molar-refractivity contribution is -0.117. The van der Waals surface area contributed by atoms with Crippen molar-refractivity contribution >= 4 is 17.4 Å². The molecule has 0 radical (unpaired) electrons. The number of carbonyl (C=O) groups is 2. The van der Waals surface area contributed by atoms with Gasteiger partial charge in [-0.2, -0.15) is 0 Å². The molecule has 0 aromatic heterocycles. The Labute approximate surface area is 164 Å². The molecule has 3 rings (SSSR count). The van der Waals surface area contributed by atoms with Crippen molar-refractivity contribution in [3.63, 3.8) is 0 Å². The van der Waals surface area contributed by atoms with Crippen LogP contribution in [0, 0.1) is 23.3 Å². The average molecular weight is 401 g/mol. The Morgan fingerprint density at radius 3 is 2.17 bits per heavy atom. The minimum absolute atomic E-state index is 0.0751. The van der Waals surface area contributed by atoms with Gasteiger partial charge in [-0.05, 0) is 53.6 Å². The molecule has 1 amide bonds. The van der Waals surface area contributed by atoms with Crippen LogP contribution >= 0.6 is 0 Å². The van der Waals surface area contributed by atoms with Gasteiger partial charge in [0.05, 0.1) is 5.56 Å². The zero-order valence-corrected chi connectivity index (χ0v) is 15.0. The van der Waals surface area contributed by atoms with E-state index in [9.17, 15) is 27.2 Å². The number of nitrogens with one attached hydrogen (secondary N) is 1. The van der Waals surface area contributed by atoms with E-state index in [0.29, 0.717) is 11.6 Å². The molecule has 29 heavy (non-hydrogen) atoms. The summed E-state index contributed by atoms with van der Waals surface area (Å²) in [5, 5.41) is 2.41. The van der Waals surface area contributed by atoms with Crippen molar-refractivity contribution in [3.05, 3.63) is 101 Å². The lowest BCUT2D eigenvalue weighted by atomic mass is 10.0. The molecule has 7 heteroatoms. The Hall–Kier alpha value is -3.48. The summed E-state index contributed by atoms with van der Waals surface area (Å²) in [5.41, 5.74) is 0.369. The Bertz CT molecular complexity index is 1080. The van der Waals surface area contributed by atoms with Crippen molar-refractivity contribution in [2.24, 2.45) is 0 Å². The number of hydrogen-bond donors (Lipinski definition) is 1. The summed E-state index contributed by atoms with van der Waals surface area (Å²) in [5.74, 6) is -4.17. The maximum Gasteiger partial charge on any atom is 0.258 e. The highest BCUT2D eigenvalue weighted by atomic mass is 19.1. The van der Waals surface area contributed by atoms with Crippen molar-refractivity contribution in [2.45, 2.75) is 12.8 Å². The zero-order chi connectivity index (χ0) is 21.0. The van der Waals surface area contributed by atoms with E-state index in [1.807, 2.05) is 0 Å². The van der Waals surface area contributed by atoms with Crippen molar-refractivity contribution in [1.82, 2.24) is 0 Å². The molecule has 0 unspecified atom stereocenters. The van der Waals surface area contributed by atoms with E-state index in [-0.39, 0.29) is 29.9 Å². The van der Waals surface area contributed by atoms with Crippen LogP contribution in [-0.2, 0) is 17.6 Å². The Morgan fingerprint density at radius 1 is 0.759 bits per heavy atom. The Morgan fingerprint density at radius 2 is 1.45 bits per heavy atom. The maximum absolute atomic E-state index is 13.8. The summed E-state index contributed by atoms with van der Waals surface area (Å²) in [6.45, 7) is 0. The SMILES string of the molecule is O=C(Cc1cccc(F)c1)Cc1cc(F)ccc1NC(=O)c1ccc(F)cc1F. The normalized spacial score (nSPS) is 10.6. The largest absolute Gasteiger partial charge is 0.322 e. The fraction of sp³-hybridized carbons (Fsp3) is 0.0909. The molecule has 0 aliphatic rings. The van der Waals surface area contributed by atoms with Gasteiger partial charge in [0.15, 0.2) is 0 Å². The molecule has 0 spiro atoms. The highest BCUT2D eigenvalue weighted by Gasteiger charge is 2.16. The molecule has 0 bridgehead atoms. The number of carbonyl (C=O) groups excluding carboxylic acids is 2. The second-order valence-corrected chi connectivity index (χ2v) is 6.40. The lowest BCUT2D eigenvalue weighted by Gasteiger charge is -2.12. The van der Waals surface area contributed by atoms with E-state index in [2.05, 4.69) is 5.32 Å². The second kappa shape index (κ2) is 8.68. The van der Waals surface area contributed by atoms with E-state index in [4.69, 9.17) is 0 Å². The molecule has 0 aliphatic carbocycles. The molecule has 0 atom stereocenters. The lowest BCUT2D eigenvalue weighted by Crippen LogP contribution is -2.16. The highest BCUT2D eigenvalue weighted by Crippen LogP contribution is 2.21. The molecule has 0 fully saturated rings. The average Bonchev–Trinajstić information content (AvgIpc) is 2.63. The van der Waals surface area contributed by atoms with Crippen molar-refractivity contribution < 1.29 is 27.2 Å². The van der Waals surface area contributed by atoms with E-state index in [1.54, 1.807) is 6.07 Å². The van der Waals surface area contributed by atoms with E-state index in [1.165, 1.54) is 24.3 Å². The number of amides is 1. The minimum atomic E-state index is -1.05. The van der Waals surface area contributed by atoms with Crippen LogP contribution in [0.4, 0.5) is 23.2 Å². The number of halogens is 4. The van der Waals surface area contributed by atoms with Crippen molar-refractivity contribution in [1.29, 1.82) is 0 Å². The molecular formula is C22H15F4NO2. The van der Waals surface area contributed by atoms with Crippen LogP contribution in [-0.4, -0.2) is 11.7 Å². The molecule has 1 N–H and O–H groups in total. The number of benzene rings is 3. The van der Waals surface area contributed by atoms with Gasteiger partial charge in [-0.1, -0.05) is 12.1 Å². The molecule has 148 valence electrons. The highest BCUT2D eigenvalue weighted by molar-refractivity contribution is 6.05. The molecule has 0 aliphatic heterocycles. The topological polar surface area (TPSA) is 46.2 Å². The van der Waals surface area contributed by atoms with Crippen LogP contribution in [0.15, 0.2) is 60.7 Å². The third-order valence-electron chi connectivity index (χ3n) is 4.17. The number of ketones is 1. The van der Waals surface area contributed by atoms with Gasteiger partial charge in [0, 0.05) is 24.6 Å². The molecule has 3 aromatic rings. The summed E-state index contributed by atoms with van der Waals surface area (Å²) in [6.07, 6.45) is -0.302. The van der Waals surface area contributed by atoms with Crippen molar-refractivity contribution in [2.75, 3.05) is 5.32 Å². The summed E-state index contributed by atoms with van der Waals surface area (Å²) in [4.78, 5) is 24.6.